The number of rotatable bonds is 3. The van der Waals surface area contributed by atoms with Gasteiger partial charge in [-0.15, -0.1) is 0 Å². The van der Waals surface area contributed by atoms with E-state index in [-0.39, 0.29) is 11.3 Å². The third kappa shape index (κ3) is 2.92. The van der Waals surface area contributed by atoms with Gasteiger partial charge in [-0.1, -0.05) is 0 Å². The second kappa shape index (κ2) is 4.94. The molecular formula is C10H9N3O4. The summed E-state index contributed by atoms with van der Waals surface area (Å²) in [6.45, 7) is 1.52. The molecule has 0 saturated heterocycles. The Kier molecular flexibility index (Phi) is 3.62. The number of non-ortho nitro benzene ring substituents is 1. The maximum absolute atomic E-state index is 10.6. The van der Waals surface area contributed by atoms with Gasteiger partial charge in [0, 0.05) is 17.7 Å². The summed E-state index contributed by atoms with van der Waals surface area (Å²) >= 11 is 0. The first kappa shape index (κ1) is 12.4. The van der Waals surface area contributed by atoms with Gasteiger partial charge in [0.05, 0.1) is 16.6 Å². The van der Waals surface area contributed by atoms with Gasteiger partial charge in [-0.3, -0.25) is 10.1 Å². The molecule has 0 saturated carbocycles. The number of nitriles is 1. The van der Waals surface area contributed by atoms with E-state index in [1.54, 1.807) is 0 Å². The van der Waals surface area contributed by atoms with Crippen LogP contribution in [0, 0.1) is 21.4 Å². The Balaban J connectivity index is 3.13. The number of nitro benzene ring substituents is 1. The molecule has 1 aromatic carbocycles. The van der Waals surface area contributed by atoms with Crippen LogP contribution in [0.5, 0.6) is 0 Å². The molecule has 1 aromatic rings. The fraction of sp³-hybridized carbons (Fsp3) is 0.200. The third-order valence-electron chi connectivity index (χ3n) is 2.10. The standard InChI is InChI=1S/C10H9N3O4/c1-6(17-10(12)14)9-3-2-8(13(15)16)4-7(9)5-11/h2-4,6H,1H3,(H2,12,14). The van der Waals surface area contributed by atoms with Crippen molar-refractivity contribution in [2.75, 3.05) is 0 Å². The van der Waals surface area contributed by atoms with Crippen LogP contribution < -0.4 is 5.73 Å². The molecular weight excluding hydrogens is 226 g/mol. The topological polar surface area (TPSA) is 119 Å². The minimum atomic E-state index is -0.972. The number of nitro groups is 1. The van der Waals surface area contributed by atoms with Crippen molar-refractivity contribution in [3.05, 3.63) is 39.4 Å². The third-order valence-corrected chi connectivity index (χ3v) is 2.10. The highest BCUT2D eigenvalue weighted by Gasteiger charge is 2.17. The first-order valence-electron chi connectivity index (χ1n) is 4.60. The number of hydrogen-bond donors (Lipinski definition) is 1. The van der Waals surface area contributed by atoms with Gasteiger partial charge in [0.1, 0.15) is 6.10 Å². The molecule has 0 aliphatic rings. The zero-order valence-corrected chi connectivity index (χ0v) is 8.91. The zero-order chi connectivity index (χ0) is 13.0. The molecule has 0 fully saturated rings. The van der Waals surface area contributed by atoms with E-state index in [9.17, 15) is 14.9 Å². The van der Waals surface area contributed by atoms with E-state index < -0.39 is 17.1 Å². The average molecular weight is 235 g/mol. The number of hydrogen-bond acceptors (Lipinski definition) is 5. The highest BCUT2D eigenvalue weighted by atomic mass is 16.6. The monoisotopic (exact) mass is 235 g/mol. The molecule has 7 heteroatoms. The molecule has 17 heavy (non-hydrogen) atoms. The Hall–Kier alpha value is -2.62. The Morgan fingerprint density at radius 3 is 2.76 bits per heavy atom. The van der Waals surface area contributed by atoms with Gasteiger partial charge in [-0.2, -0.15) is 5.26 Å². The summed E-state index contributed by atoms with van der Waals surface area (Å²) in [6.07, 6.45) is -1.71. The first-order chi connectivity index (χ1) is 7.95. The van der Waals surface area contributed by atoms with Gasteiger partial charge in [0.2, 0.25) is 0 Å². The largest absolute Gasteiger partial charge is 0.442 e. The number of ether oxygens (including phenoxy) is 1. The predicted molar refractivity (Wildman–Crippen MR) is 56.9 cm³/mol. The van der Waals surface area contributed by atoms with E-state index in [1.807, 2.05) is 6.07 Å². The number of primary amides is 1. The van der Waals surface area contributed by atoms with Crippen LogP contribution in [0.2, 0.25) is 0 Å². The van der Waals surface area contributed by atoms with Crippen molar-refractivity contribution in [3.63, 3.8) is 0 Å². The van der Waals surface area contributed by atoms with Crippen molar-refractivity contribution in [2.45, 2.75) is 13.0 Å². The van der Waals surface area contributed by atoms with Crippen LogP contribution in [0.25, 0.3) is 0 Å². The van der Waals surface area contributed by atoms with Crippen LogP contribution in [-0.2, 0) is 4.74 Å². The van der Waals surface area contributed by atoms with Crippen LogP contribution in [0.1, 0.15) is 24.2 Å². The summed E-state index contributed by atoms with van der Waals surface area (Å²) < 4.78 is 4.70. The molecule has 0 aliphatic heterocycles. The van der Waals surface area contributed by atoms with Crippen LogP contribution in [0.4, 0.5) is 10.5 Å². The predicted octanol–water partition coefficient (Wildman–Crippen LogP) is 1.62. The van der Waals surface area contributed by atoms with Gasteiger partial charge < -0.3 is 10.5 Å². The summed E-state index contributed by atoms with van der Waals surface area (Å²) in [6, 6.07) is 5.53. The summed E-state index contributed by atoms with van der Waals surface area (Å²) in [5, 5.41) is 19.4. The first-order valence-corrected chi connectivity index (χ1v) is 4.60. The van der Waals surface area contributed by atoms with Crippen molar-refractivity contribution in [1.82, 2.24) is 0 Å². The number of nitrogens with two attached hydrogens (primary N) is 1. The second-order valence-corrected chi connectivity index (χ2v) is 3.22. The van der Waals surface area contributed by atoms with Crippen LogP contribution in [0.15, 0.2) is 18.2 Å². The molecule has 0 heterocycles. The maximum Gasteiger partial charge on any atom is 0.405 e. The minimum absolute atomic E-state index is 0.0768. The van der Waals surface area contributed by atoms with Gasteiger partial charge in [-0.25, -0.2) is 4.79 Å². The fourth-order valence-corrected chi connectivity index (χ4v) is 1.35. The van der Waals surface area contributed by atoms with Crippen molar-refractivity contribution in [1.29, 1.82) is 5.26 Å². The van der Waals surface area contributed by atoms with Crippen molar-refractivity contribution in [2.24, 2.45) is 5.73 Å². The lowest BCUT2D eigenvalue weighted by Gasteiger charge is -2.12. The summed E-state index contributed by atoms with van der Waals surface area (Å²) in [7, 11) is 0. The molecule has 0 aliphatic carbocycles. The lowest BCUT2D eigenvalue weighted by molar-refractivity contribution is -0.384. The number of carbonyl (C=O) groups is 1. The molecule has 1 unspecified atom stereocenters. The van der Waals surface area contributed by atoms with Crippen LogP contribution in [-0.4, -0.2) is 11.0 Å². The van der Waals surface area contributed by atoms with E-state index in [1.165, 1.54) is 19.1 Å². The molecule has 2 N–H and O–H groups in total. The smallest absolute Gasteiger partial charge is 0.405 e. The average Bonchev–Trinajstić information content (AvgIpc) is 2.27. The SMILES string of the molecule is CC(OC(N)=O)c1ccc([N+](=O)[O-])cc1C#N. The number of benzene rings is 1. The molecule has 0 radical (unpaired) electrons. The Labute approximate surface area is 96.6 Å². The Bertz CT molecular complexity index is 507. The maximum atomic E-state index is 10.6. The molecule has 88 valence electrons. The van der Waals surface area contributed by atoms with E-state index >= 15 is 0 Å². The summed E-state index contributed by atoms with van der Waals surface area (Å²) in [4.78, 5) is 20.5. The van der Waals surface area contributed by atoms with E-state index in [0.717, 1.165) is 6.07 Å². The van der Waals surface area contributed by atoms with E-state index in [2.05, 4.69) is 0 Å². The van der Waals surface area contributed by atoms with Crippen molar-refractivity contribution in [3.8, 4) is 6.07 Å². The summed E-state index contributed by atoms with van der Waals surface area (Å²) in [5.41, 5.74) is 5.10. The highest BCUT2D eigenvalue weighted by Crippen LogP contribution is 2.24. The Morgan fingerprint density at radius 2 is 2.29 bits per heavy atom. The zero-order valence-electron chi connectivity index (χ0n) is 8.91. The molecule has 7 nitrogen and oxygen atoms in total. The molecule has 0 bridgehead atoms. The van der Waals surface area contributed by atoms with Gasteiger partial charge in [0.25, 0.3) is 5.69 Å². The number of carbonyl (C=O) groups excluding carboxylic acids is 1. The normalized spacial score (nSPS) is 11.3. The molecule has 0 aromatic heterocycles. The van der Waals surface area contributed by atoms with Crippen molar-refractivity contribution >= 4 is 11.8 Å². The molecule has 1 amide bonds. The summed E-state index contributed by atoms with van der Waals surface area (Å²) in [5.74, 6) is 0. The van der Waals surface area contributed by atoms with E-state index in [0.29, 0.717) is 5.56 Å². The quantitative estimate of drug-likeness (QED) is 0.630. The highest BCUT2D eigenvalue weighted by molar-refractivity contribution is 5.65. The lowest BCUT2D eigenvalue weighted by Crippen LogP contribution is -2.16. The van der Waals surface area contributed by atoms with Gasteiger partial charge in [0.15, 0.2) is 0 Å². The minimum Gasteiger partial charge on any atom is -0.442 e. The Morgan fingerprint density at radius 1 is 1.65 bits per heavy atom. The molecule has 0 spiro atoms. The fourth-order valence-electron chi connectivity index (χ4n) is 1.35. The number of nitrogens with zero attached hydrogens (tertiary/aromatic N) is 2. The number of amides is 1. The van der Waals surface area contributed by atoms with Crippen LogP contribution >= 0.6 is 0 Å². The van der Waals surface area contributed by atoms with Crippen LogP contribution in [0.3, 0.4) is 0 Å². The second-order valence-electron chi connectivity index (χ2n) is 3.22. The van der Waals surface area contributed by atoms with Gasteiger partial charge >= 0.3 is 6.09 Å². The molecule has 1 atom stereocenters. The van der Waals surface area contributed by atoms with E-state index in [4.69, 9.17) is 15.7 Å². The van der Waals surface area contributed by atoms with Crippen molar-refractivity contribution < 1.29 is 14.5 Å². The lowest BCUT2D eigenvalue weighted by atomic mass is 10.0. The van der Waals surface area contributed by atoms with Gasteiger partial charge in [-0.05, 0) is 13.0 Å². The molecule has 1 rings (SSSR count).